The highest BCUT2D eigenvalue weighted by atomic mass is 79.9. The molecule has 2 aromatic rings. The van der Waals surface area contributed by atoms with Crippen LogP contribution in [0.15, 0.2) is 41.0 Å². The molecule has 20 heavy (non-hydrogen) atoms. The minimum absolute atomic E-state index is 0.316. The molecular formula is C15H17BrFN3. The Morgan fingerprint density at radius 1 is 1.30 bits per heavy atom. The highest BCUT2D eigenvalue weighted by Crippen LogP contribution is 2.22. The van der Waals surface area contributed by atoms with Gasteiger partial charge >= 0.3 is 0 Å². The fraction of sp³-hybridized carbons (Fsp3) is 0.267. The fourth-order valence-corrected chi connectivity index (χ4v) is 2.32. The van der Waals surface area contributed by atoms with E-state index < -0.39 is 0 Å². The maximum absolute atomic E-state index is 14.0. The van der Waals surface area contributed by atoms with E-state index in [1.807, 2.05) is 29.2 Å². The minimum atomic E-state index is -0.316. The van der Waals surface area contributed by atoms with Crippen molar-refractivity contribution in [3.05, 3.63) is 52.4 Å². The number of rotatable bonds is 5. The van der Waals surface area contributed by atoms with Crippen LogP contribution in [0, 0.1) is 5.82 Å². The smallest absolute Gasteiger partial charge is 0.166 e. The van der Waals surface area contributed by atoms with Crippen LogP contribution in [-0.4, -0.2) is 11.5 Å². The third-order valence-corrected chi connectivity index (χ3v) is 3.37. The first kappa shape index (κ1) is 14.8. The maximum atomic E-state index is 14.0. The van der Waals surface area contributed by atoms with Gasteiger partial charge in [0.05, 0.1) is 0 Å². The normalized spacial score (nSPS) is 10.6. The third-order valence-electron chi connectivity index (χ3n) is 2.93. The van der Waals surface area contributed by atoms with Gasteiger partial charge in [-0.05, 0) is 46.1 Å². The lowest BCUT2D eigenvalue weighted by Gasteiger charge is -2.23. The van der Waals surface area contributed by atoms with Gasteiger partial charge in [0.1, 0.15) is 0 Å². The number of benzene rings is 1. The lowest BCUT2D eigenvalue weighted by molar-refractivity contribution is 0.604. The average molecular weight is 338 g/mol. The summed E-state index contributed by atoms with van der Waals surface area (Å²) in [5.74, 6) is 0.0649. The van der Waals surface area contributed by atoms with Crippen molar-refractivity contribution in [1.82, 2.24) is 4.98 Å². The van der Waals surface area contributed by atoms with E-state index in [-0.39, 0.29) is 5.82 Å². The zero-order valence-corrected chi connectivity index (χ0v) is 12.9. The largest absolute Gasteiger partial charge is 0.399 e. The Kier molecular flexibility index (Phi) is 4.95. The molecule has 0 aliphatic rings. The minimum Gasteiger partial charge on any atom is -0.399 e. The van der Waals surface area contributed by atoms with Crippen LogP contribution in [0.5, 0.6) is 0 Å². The molecule has 0 aliphatic heterocycles. The first-order chi connectivity index (χ1) is 9.60. The van der Waals surface area contributed by atoms with Gasteiger partial charge < -0.3 is 10.6 Å². The zero-order valence-electron chi connectivity index (χ0n) is 11.3. The Hall–Kier alpha value is -1.62. The van der Waals surface area contributed by atoms with Gasteiger partial charge in [0.15, 0.2) is 11.6 Å². The van der Waals surface area contributed by atoms with E-state index in [0.717, 1.165) is 24.2 Å². The number of nitrogens with two attached hydrogens (primary N) is 1. The van der Waals surface area contributed by atoms with Crippen molar-refractivity contribution < 1.29 is 4.39 Å². The molecule has 0 saturated heterocycles. The Bertz CT molecular complexity index is 572. The van der Waals surface area contributed by atoms with Gasteiger partial charge in [-0.1, -0.05) is 19.1 Å². The van der Waals surface area contributed by atoms with Gasteiger partial charge in [-0.15, -0.1) is 0 Å². The lowest BCUT2D eigenvalue weighted by atomic mass is 10.2. The first-order valence-electron chi connectivity index (χ1n) is 6.50. The molecule has 0 unspecified atom stereocenters. The standard InChI is InChI=1S/C15H17BrFN3/c1-2-7-20(10-11-3-5-13(18)6-4-11)15-14(17)8-12(16)9-19-15/h3-6,8-9H,2,7,10,18H2,1H3. The summed E-state index contributed by atoms with van der Waals surface area (Å²) in [4.78, 5) is 6.13. The van der Waals surface area contributed by atoms with Crippen molar-refractivity contribution in [1.29, 1.82) is 0 Å². The summed E-state index contributed by atoms with van der Waals surface area (Å²) in [5, 5.41) is 0. The second-order valence-corrected chi connectivity index (χ2v) is 5.54. The molecule has 0 saturated carbocycles. The van der Waals surface area contributed by atoms with Crippen LogP contribution in [0.2, 0.25) is 0 Å². The summed E-state index contributed by atoms with van der Waals surface area (Å²) in [6.45, 7) is 3.42. The van der Waals surface area contributed by atoms with Gasteiger partial charge in [0.2, 0.25) is 0 Å². The molecule has 3 nitrogen and oxygen atoms in total. The van der Waals surface area contributed by atoms with Crippen molar-refractivity contribution in [2.45, 2.75) is 19.9 Å². The van der Waals surface area contributed by atoms with Crippen LogP contribution in [0.3, 0.4) is 0 Å². The predicted octanol–water partition coefficient (Wildman–Crippen LogP) is 3.98. The fourth-order valence-electron chi connectivity index (χ4n) is 2.01. The van der Waals surface area contributed by atoms with Crippen LogP contribution >= 0.6 is 15.9 Å². The highest BCUT2D eigenvalue weighted by Gasteiger charge is 2.13. The molecule has 1 aromatic carbocycles. The molecule has 1 aromatic heterocycles. The summed E-state index contributed by atoms with van der Waals surface area (Å²) in [7, 11) is 0. The lowest BCUT2D eigenvalue weighted by Crippen LogP contribution is -2.25. The highest BCUT2D eigenvalue weighted by molar-refractivity contribution is 9.10. The van der Waals surface area contributed by atoms with Crippen LogP contribution in [0.4, 0.5) is 15.9 Å². The van der Waals surface area contributed by atoms with Crippen molar-refractivity contribution in [3.63, 3.8) is 0 Å². The summed E-state index contributed by atoms with van der Waals surface area (Å²) >= 11 is 3.22. The van der Waals surface area contributed by atoms with E-state index in [1.165, 1.54) is 6.07 Å². The van der Waals surface area contributed by atoms with Gasteiger partial charge in [0.25, 0.3) is 0 Å². The topological polar surface area (TPSA) is 42.1 Å². The van der Waals surface area contributed by atoms with E-state index >= 15 is 0 Å². The van der Waals surface area contributed by atoms with E-state index in [4.69, 9.17) is 5.73 Å². The van der Waals surface area contributed by atoms with E-state index in [9.17, 15) is 4.39 Å². The molecule has 0 fully saturated rings. The SMILES string of the molecule is CCCN(Cc1ccc(N)cc1)c1ncc(Br)cc1F. The van der Waals surface area contributed by atoms with E-state index in [1.54, 1.807) is 6.20 Å². The Morgan fingerprint density at radius 3 is 2.60 bits per heavy atom. The number of hydrogen-bond donors (Lipinski definition) is 1. The summed E-state index contributed by atoms with van der Waals surface area (Å²) in [6, 6.07) is 9.05. The van der Waals surface area contributed by atoms with Crippen molar-refractivity contribution in [2.75, 3.05) is 17.2 Å². The van der Waals surface area contributed by atoms with Gasteiger partial charge in [-0.25, -0.2) is 9.37 Å². The van der Waals surface area contributed by atoms with Crippen molar-refractivity contribution in [2.24, 2.45) is 0 Å². The molecule has 0 spiro atoms. The average Bonchev–Trinajstić information content (AvgIpc) is 2.41. The first-order valence-corrected chi connectivity index (χ1v) is 7.30. The summed E-state index contributed by atoms with van der Waals surface area (Å²) in [6.07, 6.45) is 2.54. The van der Waals surface area contributed by atoms with Gasteiger partial charge in [-0.3, -0.25) is 0 Å². The molecule has 5 heteroatoms. The quantitative estimate of drug-likeness (QED) is 0.839. The summed E-state index contributed by atoms with van der Waals surface area (Å²) in [5.41, 5.74) is 7.48. The van der Waals surface area contributed by atoms with Crippen molar-refractivity contribution >= 4 is 27.4 Å². The van der Waals surface area contributed by atoms with Gasteiger partial charge in [-0.2, -0.15) is 0 Å². The number of halogens is 2. The number of anilines is 2. The second kappa shape index (κ2) is 6.70. The van der Waals surface area contributed by atoms with Crippen LogP contribution in [0.25, 0.3) is 0 Å². The monoisotopic (exact) mass is 337 g/mol. The molecule has 0 amide bonds. The molecule has 2 rings (SSSR count). The molecule has 0 radical (unpaired) electrons. The number of nitrogens with zero attached hydrogens (tertiary/aromatic N) is 2. The van der Waals surface area contributed by atoms with Gasteiger partial charge in [0, 0.05) is 29.4 Å². The number of nitrogen functional groups attached to an aromatic ring is 1. The van der Waals surface area contributed by atoms with Crippen LogP contribution in [-0.2, 0) is 6.54 Å². The Balaban J connectivity index is 2.24. The maximum Gasteiger partial charge on any atom is 0.166 e. The van der Waals surface area contributed by atoms with Crippen LogP contribution in [0.1, 0.15) is 18.9 Å². The molecule has 0 aliphatic carbocycles. The van der Waals surface area contributed by atoms with E-state index in [0.29, 0.717) is 16.8 Å². The number of aromatic nitrogens is 1. The van der Waals surface area contributed by atoms with Crippen molar-refractivity contribution in [3.8, 4) is 0 Å². The predicted molar refractivity (Wildman–Crippen MR) is 84.1 cm³/mol. The molecule has 0 atom stereocenters. The molecular weight excluding hydrogens is 321 g/mol. The van der Waals surface area contributed by atoms with E-state index in [2.05, 4.69) is 27.8 Å². The molecule has 0 bridgehead atoms. The molecule has 106 valence electrons. The number of hydrogen-bond acceptors (Lipinski definition) is 3. The molecule has 1 heterocycles. The molecule has 2 N–H and O–H groups in total. The third kappa shape index (κ3) is 3.70. The zero-order chi connectivity index (χ0) is 14.5. The van der Waals surface area contributed by atoms with Crippen LogP contribution < -0.4 is 10.6 Å². The summed E-state index contributed by atoms with van der Waals surface area (Å²) < 4.78 is 14.7. The Labute approximate surface area is 126 Å². The second-order valence-electron chi connectivity index (χ2n) is 4.62. The number of pyridine rings is 1. The Morgan fingerprint density at radius 2 is 2.00 bits per heavy atom.